The molecule has 0 aliphatic carbocycles. The van der Waals surface area contributed by atoms with Gasteiger partial charge in [-0.1, -0.05) is 69.3 Å². The van der Waals surface area contributed by atoms with Gasteiger partial charge in [0, 0.05) is 32.4 Å². The zero-order valence-corrected chi connectivity index (χ0v) is 29.4. The van der Waals surface area contributed by atoms with Gasteiger partial charge in [-0.15, -0.1) is 77.1 Å². The Labute approximate surface area is 293 Å². The second kappa shape index (κ2) is 12.5. The molecule has 8 rings (SSSR count). The van der Waals surface area contributed by atoms with Gasteiger partial charge < -0.3 is 9.88 Å². The number of rotatable bonds is 5. The van der Waals surface area contributed by atoms with Crippen molar-refractivity contribution in [2.24, 2.45) is 0 Å². The molecule has 3 nitrogen and oxygen atoms in total. The molecule has 3 heterocycles. The molecule has 3 aromatic heterocycles. The number of nitrogens with zero attached hydrogens (tertiary/aromatic N) is 3. The van der Waals surface area contributed by atoms with Crippen molar-refractivity contribution in [1.82, 2.24) is 9.97 Å². The summed E-state index contributed by atoms with van der Waals surface area (Å²) in [7, 11) is 0. The van der Waals surface area contributed by atoms with E-state index in [1.54, 1.807) is 11.3 Å². The molecule has 0 saturated carbocycles. The van der Waals surface area contributed by atoms with E-state index in [1.165, 1.54) is 36.5 Å². The zero-order chi connectivity index (χ0) is 31.3. The molecule has 0 saturated heterocycles. The second-order valence-electron chi connectivity index (χ2n) is 12.5. The van der Waals surface area contributed by atoms with Gasteiger partial charge in [0.2, 0.25) is 0 Å². The van der Waals surface area contributed by atoms with Crippen molar-refractivity contribution >= 4 is 59.5 Å². The minimum Gasteiger partial charge on any atom is -0.314 e. The van der Waals surface area contributed by atoms with Crippen molar-refractivity contribution < 1.29 is 21.1 Å². The molecule has 0 aliphatic rings. The maximum atomic E-state index is 5.09. The van der Waals surface area contributed by atoms with Crippen LogP contribution in [0.25, 0.3) is 53.5 Å². The monoisotopic (exact) mass is 804 g/mol. The first kappa shape index (κ1) is 31.0. The number of para-hydroxylation sites is 1. The van der Waals surface area contributed by atoms with E-state index in [-0.39, 0.29) is 26.5 Å². The maximum absolute atomic E-state index is 5.09. The van der Waals surface area contributed by atoms with E-state index >= 15 is 0 Å². The van der Waals surface area contributed by atoms with Crippen LogP contribution in [-0.2, 0) is 26.5 Å². The summed E-state index contributed by atoms with van der Waals surface area (Å²) in [5, 5.41) is 5.08. The first-order chi connectivity index (χ1) is 22.4. The third kappa shape index (κ3) is 5.77. The molecule has 47 heavy (non-hydrogen) atoms. The van der Waals surface area contributed by atoms with Crippen LogP contribution < -0.4 is 4.90 Å². The van der Waals surface area contributed by atoms with Gasteiger partial charge in [0.1, 0.15) is 5.82 Å². The number of fused-ring (bicyclic) bond motifs is 5. The van der Waals surface area contributed by atoms with E-state index in [4.69, 9.17) is 9.97 Å². The molecule has 0 spiro atoms. The van der Waals surface area contributed by atoms with Gasteiger partial charge >= 0.3 is 21.1 Å². The Kier molecular flexibility index (Phi) is 8.26. The van der Waals surface area contributed by atoms with Crippen LogP contribution in [0.15, 0.2) is 134 Å². The molecular formula is C42H31N3PtS. The largest absolute Gasteiger partial charge is 2.00 e. The first-order valence-corrected chi connectivity index (χ1v) is 16.3. The molecule has 0 N–H and O–H groups in total. The number of anilines is 3. The molecule has 0 bridgehead atoms. The fourth-order valence-electron chi connectivity index (χ4n) is 6.13. The Morgan fingerprint density at radius 1 is 0.723 bits per heavy atom. The topological polar surface area (TPSA) is 29.0 Å². The quantitative estimate of drug-likeness (QED) is 0.162. The van der Waals surface area contributed by atoms with E-state index in [0.29, 0.717) is 0 Å². The van der Waals surface area contributed by atoms with Gasteiger partial charge in [-0.2, -0.15) is 0 Å². The molecule has 0 aliphatic heterocycles. The second-order valence-corrected chi connectivity index (χ2v) is 13.6. The zero-order valence-electron chi connectivity index (χ0n) is 26.3. The van der Waals surface area contributed by atoms with Crippen molar-refractivity contribution in [3.05, 3.63) is 151 Å². The normalized spacial score (nSPS) is 11.6. The minimum absolute atomic E-state index is 0. The fourth-order valence-corrected chi connectivity index (χ4v) is 7.34. The summed E-state index contributed by atoms with van der Waals surface area (Å²) in [6.07, 6.45) is 1.94. The first-order valence-electron chi connectivity index (χ1n) is 15.5. The summed E-state index contributed by atoms with van der Waals surface area (Å²) in [4.78, 5) is 12.2. The van der Waals surface area contributed by atoms with Gasteiger partial charge in [-0.05, 0) is 74.9 Å². The fraction of sp³-hybridized carbons (Fsp3) is 0.0952. The number of aromatic nitrogens is 2. The third-order valence-corrected chi connectivity index (χ3v) is 9.65. The maximum Gasteiger partial charge on any atom is 2.00 e. The summed E-state index contributed by atoms with van der Waals surface area (Å²) >= 11 is 1.81. The number of pyridine rings is 2. The third-order valence-electron chi connectivity index (χ3n) is 8.47. The predicted molar refractivity (Wildman–Crippen MR) is 194 cm³/mol. The van der Waals surface area contributed by atoms with Crippen molar-refractivity contribution in [1.29, 1.82) is 0 Å². The van der Waals surface area contributed by atoms with Crippen molar-refractivity contribution in [2.75, 3.05) is 4.90 Å². The van der Waals surface area contributed by atoms with Crippen molar-refractivity contribution in [2.45, 2.75) is 26.2 Å². The van der Waals surface area contributed by atoms with Crippen LogP contribution in [0, 0.1) is 12.1 Å². The number of hydrogen-bond donors (Lipinski definition) is 0. The Balaban J connectivity index is 0.00000351. The number of hydrogen-bond acceptors (Lipinski definition) is 4. The summed E-state index contributed by atoms with van der Waals surface area (Å²) in [6, 6.07) is 51.3. The smallest absolute Gasteiger partial charge is 0.314 e. The SMILES string of the molecule is CC(C)(C)c1ccc2ccc3sc4c(-c5[c-]c(N(c6ccccc6)c6cccc(-c7[c-]cccc7)n6)ccc5)nccc4c3c2c1.[Pt+2]. The van der Waals surface area contributed by atoms with Crippen molar-refractivity contribution in [3.8, 4) is 22.5 Å². The van der Waals surface area contributed by atoms with E-state index in [0.717, 1.165) is 39.7 Å². The average Bonchev–Trinajstić information content (AvgIpc) is 3.49. The van der Waals surface area contributed by atoms with Crippen molar-refractivity contribution in [3.63, 3.8) is 0 Å². The van der Waals surface area contributed by atoms with Gasteiger partial charge in [0.25, 0.3) is 0 Å². The van der Waals surface area contributed by atoms with E-state index in [2.05, 4.69) is 117 Å². The molecule has 0 fully saturated rings. The standard InChI is InChI=1S/C42H31N3S.Pt/c1-42(2,3)31-22-20-28-21-23-37-39(35(28)27-31)34-24-25-43-40(41(34)46-37)30-14-10-17-33(26-30)45(32-15-8-5-9-16-32)38-19-11-18-36(44-38)29-12-6-4-7-13-29;/h4-12,14-25,27H,1-3H3;/q-2;+2. The molecule has 0 unspecified atom stereocenters. The predicted octanol–water partition coefficient (Wildman–Crippen LogP) is 11.7. The Bertz CT molecular complexity index is 2360. The van der Waals surface area contributed by atoms with Gasteiger partial charge in [0.15, 0.2) is 0 Å². The van der Waals surface area contributed by atoms with Crippen LogP contribution in [0.4, 0.5) is 17.2 Å². The molecule has 5 aromatic carbocycles. The summed E-state index contributed by atoms with van der Waals surface area (Å²) in [6.45, 7) is 6.82. The average molecular weight is 805 g/mol. The molecule has 0 amide bonds. The van der Waals surface area contributed by atoms with Gasteiger partial charge in [-0.3, -0.25) is 4.98 Å². The minimum atomic E-state index is 0. The Morgan fingerprint density at radius 3 is 2.32 bits per heavy atom. The van der Waals surface area contributed by atoms with Crippen LogP contribution in [0.5, 0.6) is 0 Å². The molecular weight excluding hydrogens is 774 g/mol. The summed E-state index contributed by atoms with van der Waals surface area (Å²) in [5.41, 5.74) is 7.02. The Hall–Kier alpha value is -4.63. The number of benzene rings is 5. The molecule has 0 atom stereocenters. The molecule has 5 heteroatoms. The van der Waals surface area contributed by atoms with Crippen LogP contribution in [0.2, 0.25) is 0 Å². The van der Waals surface area contributed by atoms with E-state index < -0.39 is 0 Å². The van der Waals surface area contributed by atoms with Crippen LogP contribution >= 0.6 is 11.3 Å². The van der Waals surface area contributed by atoms with E-state index in [9.17, 15) is 0 Å². The van der Waals surface area contributed by atoms with Crippen LogP contribution in [0.3, 0.4) is 0 Å². The van der Waals surface area contributed by atoms with Crippen LogP contribution in [0.1, 0.15) is 26.3 Å². The summed E-state index contributed by atoms with van der Waals surface area (Å²) in [5.74, 6) is 0.809. The van der Waals surface area contributed by atoms with E-state index in [1.807, 2.05) is 54.7 Å². The Morgan fingerprint density at radius 2 is 1.51 bits per heavy atom. The van der Waals surface area contributed by atoms with Gasteiger partial charge in [-0.25, -0.2) is 0 Å². The summed E-state index contributed by atoms with van der Waals surface area (Å²) < 4.78 is 2.44. The molecule has 0 radical (unpaired) electrons. The van der Waals surface area contributed by atoms with Gasteiger partial charge in [0.05, 0.1) is 0 Å². The van der Waals surface area contributed by atoms with Crippen LogP contribution in [-0.4, -0.2) is 9.97 Å². The number of thiophene rings is 1. The molecule has 230 valence electrons. The molecule has 8 aromatic rings.